The Balaban J connectivity index is 0.000000245. The van der Waals surface area contributed by atoms with E-state index in [0.717, 1.165) is 5.69 Å². The van der Waals surface area contributed by atoms with Crippen LogP contribution >= 0.6 is 0 Å². The fourth-order valence-electron chi connectivity index (χ4n) is 1.16. The molecule has 0 bridgehead atoms. The van der Waals surface area contributed by atoms with Crippen molar-refractivity contribution in [1.82, 2.24) is 14.9 Å². The smallest absolute Gasteiger partial charge is 0.257 e. The van der Waals surface area contributed by atoms with Crippen molar-refractivity contribution in [2.24, 2.45) is 0 Å². The van der Waals surface area contributed by atoms with Gasteiger partial charge in [0.05, 0.1) is 17.8 Å². The van der Waals surface area contributed by atoms with Crippen LogP contribution in [0.3, 0.4) is 0 Å². The molecule has 1 aromatic heterocycles. The van der Waals surface area contributed by atoms with Gasteiger partial charge in [0.2, 0.25) is 0 Å². The van der Waals surface area contributed by atoms with Crippen LogP contribution < -0.4 is 0 Å². The number of aromatic nitrogens is 2. The Morgan fingerprint density at radius 1 is 1.40 bits per heavy atom. The van der Waals surface area contributed by atoms with Gasteiger partial charge in [-0.25, -0.2) is 9.97 Å². The second-order valence-electron chi connectivity index (χ2n) is 3.54. The zero-order valence-electron chi connectivity index (χ0n) is 9.53. The highest BCUT2D eigenvalue weighted by Gasteiger charge is 2.24. The molecule has 1 amide bonds. The fraction of sp³-hybridized carbons (Fsp3) is 0.545. The monoisotopic (exact) mass is 207 g/mol. The largest absolute Gasteiger partial charge is 0.336 e. The van der Waals surface area contributed by atoms with E-state index in [1.807, 2.05) is 0 Å². The van der Waals surface area contributed by atoms with Crippen molar-refractivity contribution in [2.75, 3.05) is 7.05 Å². The summed E-state index contributed by atoms with van der Waals surface area (Å²) in [4.78, 5) is 20.6. The molecular weight excluding hydrogens is 190 g/mol. The number of fused-ring (bicyclic) bond motifs is 1. The Labute approximate surface area is 90.3 Å². The van der Waals surface area contributed by atoms with Crippen LogP contribution in [0.5, 0.6) is 0 Å². The third-order valence-electron chi connectivity index (χ3n) is 2.26. The normalized spacial score (nSPS) is 13.3. The molecule has 4 heteroatoms. The molecule has 1 aliphatic rings. The summed E-state index contributed by atoms with van der Waals surface area (Å²) in [7, 11) is 1.75. The highest BCUT2D eigenvalue weighted by Crippen LogP contribution is 2.16. The molecule has 0 spiro atoms. The lowest BCUT2D eigenvalue weighted by Crippen LogP contribution is -2.17. The average Bonchev–Trinajstić information content (AvgIpc) is 2.56. The summed E-state index contributed by atoms with van der Waals surface area (Å²) in [6, 6.07) is 0. The Kier molecular flexibility index (Phi) is 4.21. The lowest BCUT2D eigenvalue weighted by Gasteiger charge is -2.03. The second kappa shape index (κ2) is 5.44. The van der Waals surface area contributed by atoms with Gasteiger partial charge in [-0.05, 0) is 0 Å². The summed E-state index contributed by atoms with van der Waals surface area (Å²) in [6.45, 7) is 4.97. The molecule has 1 aliphatic heterocycles. The minimum atomic E-state index is 0.0144. The standard InChI is InChI=1S/C7H7N3O.C4H10/c1-10-3-6-5(7(10)11)2-8-4-9-6;1-3-4-2/h2,4H,3H2,1H3;3-4H2,1-2H3. The lowest BCUT2D eigenvalue weighted by molar-refractivity contribution is 0.0816. The average molecular weight is 207 g/mol. The molecule has 0 saturated carbocycles. The van der Waals surface area contributed by atoms with E-state index in [0.29, 0.717) is 12.1 Å². The van der Waals surface area contributed by atoms with E-state index in [-0.39, 0.29) is 5.91 Å². The predicted molar refractivity (Wildman–Crippen MR) is 58.4 cm³/mol. The number of unbranched alkanes of at least 4 members (excludes halogenated alkanes) is 1. The molecule has 0 atom stereocenters. The Bertz CT molecular complexity index is 336. The molecule has 0 aromatic carbocycles. The Morgan fingerprint density at radius 2 is 2.07 bits per heavy atom. The predicted octanol–water partition coefficient (Wildman–Crippen LogP) is 1.87. The first-order chi connectivity index (χ1) is 7.20. The number of rotatable bonds is 1. The van der Waals surface area contributed by atoms with E-state index in [1.165, 1.54) is 19.2 Å². The first-order valence-electron chi connectivity index (χ1n) is 5.25. The van der Waals surface area contributed by atoms with Gasteiger partial charge in [-0.15, -0.1) is 0 Å². The third kappa shape index (κ3) is 2.75. The molecule has 0 unspecified atom stereocenters. The van der Waals surface area contributed by atoms with Gasteiger partial charge in [-0.1, -0.05) is 26.7 Å². The zero-order valence-corrected chi connectivity index (χ0v) is 9.53. The van der Waals surface area contributed by atoms with Gasteiger partial charge in [0.15, 0.2) is 0 Å². The number of carbonyl (C=O) groups is 1. The molecule has 0 fully saturated rings. The number of amides is 1. The number of carbonyl (C=O) groups excluding carboxylic acids is 1. The summed E-state index contributed by atoms with van der Waals surface area (Å²) >= 11 is 0. The van der Waals surface area contributed by atoms with E-state index in [9.17, 15) is 4.79 Å². The first kappa shape index (κ1) is 11.6. The molecule has 0 N–H and O–H groups in total. The fourth-order valence-corrected chi connectivity index (χ4v) is 1.16. The third-order valence-corrected chi connectivity index (χ3v) is 2.26. The maximum absolute atomic E-state index is 11.2. The number of hydrogen-bond donors (Lipinski definition) is 0. The van der Waals surface area contributed by atoms with Crippen LogP contribution in [-0.4, -0.2) is 27.8 Å². The summed E-state index contributed by atoms with van der Waals surface area (Å²) in [6.07, 6.45) is 5.67. The van der Waals surface area contributed by atoms with Gasteiger partial charge in [0, 0.05) is 13.2 Å². The van der Waals surface area contributed by atoms with Crippen molar-refractivity contribution < 1.29 is 4.79 Å². The van der Waals surface area contributed by atoms with Crippen LogP contribution in [0.15, 0.2) is 12.5 Å². The van der Waals surface area contributed by atoms with Crippen LogP contribution in [0, 0.1) is 0 Å². The van der Waals surface area contributed by atoms with Gasteiger partial charge < -0.3 is 4.90 Å². The van der Waals surface area contributed by atoms with Crippen molar-refractivity contribution >= 4 is 5.91 Å². The van der Waals surface area contributed by atoms with E-state index < -0.39 is 0 Å². The summed E-state index contributed by atoms with van der Waals surface area (Å²) < 4.78 is 0. The SMILES string of the molecule is CCCC.CN1Cc2ncncc2C1=O. The van der Waals surface area contributed by atoms with E-state index in [4.69, 9.17) is 0 Å². The van der Waals surface area contributed by atoms with E-state index in [2.05, 4.69) is 23.8 Å². The number of nitrogens with zero attached hydrogens (tertiary/aromatic N) is 3. The molecule has 82 valence electrons. The molecule has 2 rings (SSSR count). The Morgan fingerprint density at radius 3 is 2.60 bits per heavy atom. The van der Waals surface area contributed by atoms with Crippen molar-refractivity contribution in [1.29, 1.82) is 0 Å². The lowest BCUT2D eigenvalue weighted by atomic mass is 10.3. The van der Waals surface area contributed by atoms with Crippen LogP contribution in [0.25, 0.3) is 0 Å². The minimum absolute atomic E-state index is 0.0144. The van der Waals surface area contributed by atoms with Crippen LogP contribution in [0.1, 0.15) is 42.7 Å². The van der Waals surface area contributed by atoms with E-state index >= 15 is 0 Å². The van der Waals surface area contributed by atoms with Crippen molar-refractivity contribution in [3.8, 4) is 0 Å². The topological polar surface area (TPSA) is 46.1 Å². The van der Waals surface area contributed by atoms with Gasteiger partial charge in [-0.3, -0.25) is 4.79 Å². The maximum Gasteiger partial charge on any atom is 0.257 e. The summed E-state index contributed by atoms with van der Waals surface area (Å²) in [5, 5.41) is 0. The van der Waals surface area contributed by atoms with Crippen LogP contribution in [0.2, 0.25) is 0 Å². The molecule has 0 radical (unpaired) electrons. The summed E-state index contributed by atoms with van der Waals surface area (Å²) in [5.74, 6) is 0.0144. The molecule has 0 saturated heterocycles. The van der Waals surface area contributed by atoms with E-state index in [1.54, 1.807) is 18.1 Å². The van der Waals surface area contributed by atoms with Gasteiger partial charge in [-0.2, -0.15) is 0 Å². The molecule has 0 aliphatic carbocycles. The van der Waals surface area contributed by atoms with Crippen molar-refractivity contribution in [2.45, 2.75) is 33.2 Å². The molecule has 15 heavy (non-hydrogen) atoms. The molecule has 4 nitrogen and oxygen atoms in total. The zero-order chi connectivity index (χ0) is 11.3. The number of hydrogen-bond acceptors (Lipinski definition) is 3. The van der Waals surface area contributed by atoms with Gasteiger partial charge in [0.25, 0.3) is 5.91 Å². The van der Waals surface area contributed by atoms with Gasteiger partial charge in [0.1, 0.15) is 6.33 Å². The maximum atomic E-state index is 11.2. The molecular formula is C11H17N3O. The summed E-state index contributed by atoms with van der Waals surface area (Å²) in [5.41, 5.74) is 1.46. The Hall–Kier alpha value is -1.45. The quantitative estimate of drug-likeness (QED) is 0.706. The second-order valence-corrected chi connectivity index (χ2v) is 3.54. The highest BCUT2D eigenvalue weighted by molar-refractivity contribution is 5.97. The van der Waals surface area contributed by atoms with Crippen LogP contribution in [0.4, 0.5) is 0 Å². The molecule has 2 heterocycles. The highest BCUT2D eigenvalue weighted by atomic mass is 16.2. The van der Waals surface area contributed by atoms with Gasteiger partial charge >= 0.3 is 0 Å². The van der Waals surface area contributed by atoms with Crippen molar-refractivity contribution in [3.05, 3.63) is 23.8 Å². The minimum Gasteiger partial charge on any atom is -0.336 e. The van der Waals surface area contributed by atoms with Crippen LogP contribution in [-0.2, 0) is 6.54 Å². The first-order valence-corrected chi connectivity index (χ1v) is 5.25. The molecule has 1 aromatic rings. The van der Waals surface area contributed by atoms with Crippen molar-refractivity contribution in [3.63, 3.8) is 0 Å².